The number of carbonyl (C=O) groups is 1. The van der Waals surface area contributed by atoms with Crippen LogP contribution < -0.4 is 9.62 Å². The molecule has 5 nitrogen and oxygen atoms in total. The highest BCUT2D eigenvalue weighted by atomic mass is 32.2. The second-order valence-corrected chi connectivity index (χ2v) is 8.53. The van der Waals surface area contributed by atoms with Gasteiger partial charge in [0.2, 0.25) is 0 Å². The van der Waals surface area contributed by atoms with Crippen molar-refractivity contribution in [1.82, 2.24) is 5.32 Å². The lowest BCUT2D eigenvalue weighted by Gasteiger charge is -2.23. The van der Waals surface area contributed by atoms with Crippen LogP contribution in [0.3, 0.4) is 0 Å². The highest BCUT2D eigenvalue weighted by Crippen LogP contribution is 2.23. The van der Waals surface area contributed by atoms with Gasteiger partial charge in [-0.15, -0.1) is 0 Å². The van der Waals surface area contributed by atoms with Gasteiger partial charge in [0, 0.05) is 18.7 Å². The van der Waals surface area contributed by atoms with E-state index in [9.17, 15) is 17.6 Å². The predicted octanol–water partition coefficient (Wildman–Crippen LogP) is 4.01. The average Bonchev–Trinajstić information content (AvgIpc) is 2.76. The normalized spacial score (nSPS) is 11.1. The number of nitrogens with zero attached hydrogens (tertiary/aromatic N) is 1. The Morgan fingerprint density at radius 1 is 0.967 bits per heavy atom. The summed E-state index contributed by atoms with van der Waals surface area (Å²) in [4.78, 5) is 12.6. The van der Waals surface area contributed by atoms with Gasteiger partial charge in [0.1, 0.15) is 5.82 Å². The van der Waals surface area contributed by atoms with Crippen LogP contribution in [0.5, 0.6) is 0 Å². The van der Waals surface area contributed by atoms with E-state index < -0.39 is 10.0 Å². The van der Waals surface area contributed by atoms with E-state index in [1.165, 1.54) is 28.6 Å². The SMILES string of the molecule is CCN(c1ccccc1)S(=O)(=O)c1cccc(C(=O)NCCc2ccc(F)cc2)c1. The van der Waals surface area contributed by atoms with Gasteiger partial charge in [0.05, 0.1) is 10.6 Å². The molecular weight excluding hydrogens is 403 g/mol. The molecule has 0 aromatic heterocycles. The van der Waals surface area contributed by atoms with E-state index in [0.717, 1.165) is 5.56 Å². The molecule has 3 aromatic rings. The lowest BCUT2D eigenvalue weighted by molar-refractivity contribution is 0.0954. The van der Waals surface area contributed by atoms with Crippen molar-refractivity contribution in [3.05, 3.63) is 95.8 Å². The Morgan fingerprint density at radius 2 is 1.67 bits per heavy atom. The molecule has 0 aliphatic carbocycles. The maximum absolute atomic E-state index is 13.1. The van der Waals surface area contributed by atoms with E-state index in [0.29, 0.717) is 18.7 Å². The smallest absolute Gasteiger partial charge is 0.264 e. The summed E-state index contributed by atoms with van der Waals surface area (Å²) >= 11 is 0. The highest BCUT2D eigenvalue weighted by Gasteiger charge is 2.24. The summed E-state index contributed by atoms with van der Waals surface area (Å²) in [6.45, 7) is 2.38. The molecule has 3 rings (SSSR count). The first-order valence-electron chi connectivity index (χ1n) is 9.62. The van der Waals surface area contributed by atoms with Crippen LogP contribution in [0.4, 0.5) is 10.1 Å². The number of carbonyl (C=O) groups excluding carboxylic acids is 1. The number of nitrogens with one attached hydrogen (secondary N) is 1. The molecule has 0 bridgehead atoms. The van der Waals surface area contributed by atoms with E-state index >= 15 is 0 Å². The van der Waals surface area contributed by atoms with E-state index in [-0.39, 0.29) is 28.7 Å². The lowest BCUT2D eigenvalue weighted by atomic mass is 10.1. The minimum Gasteiger partial charge on any atom is -0.352 e. The number of sulfonamides is 1. The lowest BCUT2D eigenvalue weighted by Crippen LogP contribution is -2.31. The third-order valence-corrected chi connectivity index (χ3v) is 6.53. The monoisotopic (exact) mass is 426 g/mol. The average molecular weight is 427 g/mol. The molecule has 1 N–H and O–H groups in total. The molecule has 0 radical (unpaired) electrons. The van der Waals surface area contributed by atoms with Gasteiger partial charge in [0.15, 0.2) is 0 Å². The first-order valence-corrected chi connectivity index (χ1v) is 11.1. The Kier molecular flexibility index (Phi) is 6.84. The Balaban J connectivity index is 1.72. The molecule has 0 aliphatic rings. The summed E-state index contributed by atoms with van der Waals surface area (Å²) < 4.78 is 40.5. The van der Waals surface area contributed by atoms with Gasteiger partial charge in [0.25, 0.3) is 15.9 Å². The Hall–Kier alpha value is -3.19. The predicted molar refractivity (Wildman–Crippen MR) is 116 cm³/mol. The van der Waals surface area contributed by atoms with Gasteiger partial charge < -0.3 is 5.32 Å². The number of anilines is 1. The van der Waals surface area contributed by atoms with Crippen molar-refractivity contribution in [2.24, 2.45) is 0 Å². The molecule has 7 heteroatoms. The van der Waals surface area contributed by atoms with E-state index in [4.69, 9.17) is 0 Å². The van der Waals surface area contributed by atoms with E-state index in [1.54, 1.807) is 55.5 Å². The first kappa shape index (κ1) is 21.5. The maximum atomic E-state index is 13.1. The molecule has 0 heterocycles. The second kappa shape index (κ2) is 9.54. The minimum atomic E-state index is -3.81. The third-order valence-electron chi connectivity index (χ3n) is 4.63. The summed E-state index contributed by atoms with van der Waals surface area (Å²) in [5.41, 5.74) is 1.72. The molecule has 0 unspecified atom stereocenters. The summed E-state index contributed by atoms with van der Waals surface area (Å²) in [5, 5.41) is 2.77. The van der Waals surface area contributed by atoms with Crippen LogP contribution in [-0.2, 0) is 16.4 Å². The molecule has 0 fully saturated rings. The summed E-state index contributed by atoms with van der Waals surface area (Å²) in [6.07, 6.45) is 0.543. The van der Waals surface area contributed by atoms with Gasteiger partial charge in [-0.3, -0.25) is 9.10 Å². The van der Waals surface area contributed by atoms with Crippen LogP contribution in [0, 0.1) is 5.82 Å². The van der Waals surface area contributed by atoms with Crippen molar-refractivity contribution in [1.29, 1.82) is 0 Å². The van der Waals surface area contributed by atoms with Crippen molar-refractivity contribution in [3.8, 4) is 0 Å². The largest absolute Gasteiger partial charge is 0.352 e. The quantitative estimate of drug-likeness (QED) is 0.592. The Bertz CT molecular complexity index is 1100. The molecule has 0 saturated carbocycles. The standard InChI is InChI=1S/C23H23FN2O3S/c1-2-26(21-8-4-3-5-9-21)30(28,29)22-10-6-7-19(17-22)23(27)25-16-15-18-11-13-20(24)14-12-18/h3-14,17H,2,15-16H2,1H3,(H,25,27). The van der Waals surface area contributed by atoms with Gasteiger partial charge in [-0.2, -0.15) is 0 Å². The number of para-hydroxylation sites is 1. The zero-order chi connectivity index (χ0) is 21.6. The van der Waals surface area contributed by atoms with Crippen LogP contribution in [0.15, 0.2) is 83.8 Å². The summed E-state index contributed by atoms with van der Waals surface area (Å²) in [7, 11) is -3.81. The molecule has 3 aromatic carbocycles. The maximum Gasteiger partial charge on any atom is 0.264 e. The third kappa shape index (κ3) is 5.04. The fraction of sp³-hybridized carbons (Fsp3) is 0.174. The number of benzene rings is 3. The van der Waals surface area contributed by atoms with Crippen LogP contribution in [0.2, 0.25) is 0 Å². The summed E-state index contributed by atoms with van der Waals surface area (Å²) in [6, 6.07) is 20.9. The van der Waals surface area contributed by atoms with Gasteiger partial charge >= 0.3 is 0 Å². The Morgan fingerprint density at radius 3 is 2.33 bits per heavy atom. The van der Waals surface area contributed by atoms with E-state index in [1.807, 2.05) is 6.07 Å². The topological polar surface area (TPSA) is 66.5 Å². The van der Waals surface area contributed by atoms with Gasteiger partial charge in [-0.1, -0.05) is 36.4 Å². The minimum absolute atomic E-state index is 0.0550. The van der Waals surface area contributed by atoms with Crippen LogP contribution in [0.25, 0.3) is 0 Å². The van der Waals surface area contributed by atoms with Gasteiger partial charge in [-0.05, 0) is 61.4 Å². The number of amides is 1. The van der Waals surface area contributed by atoms with Crippen molar-refractivity contribution >= 4 is 21.6 Å². The molecule has 0 aliphatic heterocycles. The zero-order valence-electron chi connectivity index (χ0n) is 16.6. The fourth-order valence-corrected chi connectivity index (χ4v) is 4.60. The van der Waals surface area contributed by atoms with Crippen LogP contribution in [0.1, 0.15) is 22.8 Å². The molecule has 0 spiro atoms. The zero-order valence-corrected chi connectivity index (χ0v) is 17.4. The molecular formula is C23H23FN2O3S. The second-order valence-electron chi connectivity index (χ2n) is 6.67. The van der Waals surface area contributed by atoms with Crippen molar-refractivity contribution in [2.45, 2.75) is 18.2 Å². The van der Waals surface area contributed by atoms with Crippen molar-refractivity contribution in [2.75, 3.05) is 17.4 Å². The molecule has 0 saturated heterocycles. The molecule has 156 valence electrons. The molecule has 1 amide bonds. The fourth-order valence-electron chi connectivity index (χ4n) is 3.08. The number of hydrogen-bond donors (Lipinski definition) is 1. The summed E-state index contributed by atoms with van der Waals surface area (Å²) in [5.74, 6) is -0.672. The van der Waals surface area contributed by atoms with Crippen LogP contribution in [-0.4, -0.2) is 27.4 Å². The van der Waals surface area contributed by atoms with Crippen molar-refractivity contribution in [3.63, 3.8) is 0 Å². The number of hydrogen-bond acceptors (Lipinski definition) is 3. The Labute approximate surface area is 176 Å². The first-order chi connectivity index (χ1) is 14.4. The van der Waals surface area contributed by atoms with Crippen molar-refractivity contribution < 1.29 is 17.6 Å². The molecule has 0 atom stereocenters. The molecule has 30 heavy (non-hydrogen) atoms. The van der Waals surface area contributed by atoms with Crippen LogP contribution >= 0.6 is 0 Å². The number of rotatable bonds is 8. The number of halogens is 1. The van der Waals surface area contributed by atoms with E-state index in [2.05, 4.69) is 5.32 Å². The highest BCUT2D eigenvalue weighted by molar-refractivity contribution is 7.92. The van der Waals surface area contributed by atoms with Gasteiger partial charge in [-0.25, -0.2) is 12.8 Å².